The van der Waals surface area contributed by atoms with Crippen LogP contribution < -0.4 is 0 Å². The summed E-state index contributed by atoms with van der Waals surface area (Å²) < 4.78 is 25.0. The third-order valence-corrected chi connectivity index (χ3v) is 2.78. The van der Waals surface area contributed by atoms with E-state index in [9.17, 15) is 13.6 Å². The molecule has 0 unspecified atom stereocenters. The molecule has 1 N–H and O–H groups in total. The second kappa shape index (κ2) is 5.54. The van der Waals surface area contributed by atoms with E-state index in [1.165, 1.54) is 6.07 Å². The molecular weight excluding hydrogens is 307 g/mol. The Hall–Kier alpha value is -0.750. The van der Waals surface area contributed by atoms with Crippen LogP contribution in [0.15, 0.2) is 6.07 Å². The molecule has 7 heteroatoms. The first-order valence-electron chi connectivity index (χ1n) is 4.19. The summed E-state index contributed by atoms with van der Waals surface area (Å²) in [7, 11) is 0. The van der Waals surface area contributed by atoms with E-state index < -0.39 is 12.4 Å². The quantitative estimate of drug-likeness (QED) is 0.686. The highest BCUT2D eigenvalue weighted by Crippen LogP contribution is 2.28. The van der Waals surface area contributed by atoms with Crippen molar-refractivity contribution in [3.63, 3.8) is 0 Å². The molecular formula is C9H7BrClF2NO2. The van der Waals surface area contributed by atoms with Crippen LogP contribution >= 0.6 is 27.5 Å². The minimum Gasteiger partial charge on any atom is -0.481 e. The van der Waals surface area contributed by atoms with Gasteiger partial charge in [0.2, 0.25) is 0 Å². The summed E-state index contributed by atoms with van der Waals surface area (Å²) >= 11 is 8.62. The van der Waals surface area contributed by atoms with Gasteiger partial charge < -0.3 is 5.11 Å². The molecule has 0 spiro atoms. The molecule has 0 bridgehead atoms. The van der Waals surface area contributed by atoms with Crippen LogP contribution in [0.25, 0.3) is 0 Å². The lowest BCUT2D eigenvalue weighted by Crippen LogP contribution is -2.07. The number of aliphatic carboxylic acids is 1. The molecule has 88 valence electrons. The Morgan fingerprint density at radius 3 is 2.69 bits per heavy atom. The Balaban J connectivity index is 3.20. The molecule has 0 atom stereocenters. The maximum Gasteiger partial charge on any atom is 0.309 e. The zero-order valence-corrected chi connectivity index (χ0v) is 10.2. The van der Waals surface area contributed by atoms with Crippen molar-refractivity contribution >= 4 is 33.5 Å². The molecule has 1 heterocycles. The van der Waals surface area contributed by atoms with Crippen LogP contribution in [0.1, 0.15) is 23.2 Å². The van der Waals surface area contributed by atoms with Gasteiger partial charge in [0.25, 0.3) is 6.43 Å². The number of pyridine rings is 1. The normalized spacial score (nSPS) is 10.8. The lowest BCUT2D eigenvalue weighted by molar-refractivity contribution is -0.136. The zero-order valence-electron chi connectivity index (χ0n) is 7.88. The van der Waals surface area contributed by atoms with Gasteiger partial charge >= 0.3 is 5.97 Å². The first-order valence-corrected chi connectivity index (χ1v) is 5.69. The molecule has 0 saturated carbocycles. The zero-order chi connectivity index (χ0) is 12.3. The van der Waals surface area contributed by atoms with Gasteiger partial charge in [-0.3, -0.25) is 4.79 Å². The molecule has 1 aromatic rings. The number of halogens is 4. The van der Waals surface area contributed by atoms with Gasteiger partial charge in [0.1, 0.15) is 5.15 Å². The number of alkyl halides is 3. The van der Waals surface area contributed by atoms with E-state index in [0.717, 1.165) is 0 Å². The number of hydrogen-bond donors (Lipinski definition) is 1. The highest BCUT2D eigenvalue weighted by molar-refractivity contribution is 9.08. The lowest BCUT2D eigenvalue weighted by Gasteiger charge is -2.09. The highest BCUT2D eigenvalue weighted by atomic mass is 79.9. The van der Waals surface area contributed by atoms with Crippen molar-refractivity contribution in [1.29, 1.82) is 0 Å². The van der Waals surface area contributed by atoms with Gasteiger partial charge in [0.05, 0.1) is 17.7 Å². The summed E-state index contributed by atoms with van der Waals surface area (Å²) in [5.74, 6) is -1.09. The van der Waals surface area contributed by atoms with E-state index in [1.54, 1.807) is 0 Å². The topological polar surface area (TPSA) is 50.2 Å². The van der Waals surface area contributed by atoms with E-state index in [0.29, 0.717) is 5.56 Å². The van der Waals surface area contributed by atoms with Gasteiger partial charge in [-0.25, -0.2) is 13.8 Å². The van der Waals surface area contributed by atoms with Crippen LogP contribution in [0.2, 0.25) is 5.15 Å². The summed E-state index contributed by atoms with van der Waals surface area (Å²) in [4.78, 5) is 14.2. The summed E-state index contributed by atoms with van der Waals surface area (Å²) in [6.45, 7) is 0. The van der Waals surface area contributed by atoms with Crippen molar-refractivity contribution in [2.24, 2.45) is 0 Å². The van der Waals surface area contributed by atoms with E-state index in [4.69, 9.17) is 16.7 Å². The predicted octanol–water partition coefficient (Wildman–Crippen LogP) is 3.19. The molecule has 1 rings (SSSR count). The summed E-state index contributed by atoms with van der Waals surface area (Å²) in [6.07, 6.45) is -3.07. The molecule has 3 nitrogen and oxygen atoms in total. The lowest BCUT2D eigenvalue weighted by atomic mass is 10.1. The van der Waals surface area contributed by atoms with E-state index in [-0.39, 0.29) is 28.2 Å². The molecule has 0 radical (unpaired) electrons. The van der Waals surface area contributed by atoms with Crippen LogP contribution in [0, 0.1) is 0 Å². The smallest absolute Gasteiger partial charge is 0.309 e. The number of hydrogen-bond acceptors (Lipinski definition) is 2. The average Bonchev–Trinajstić information content (AvgIpc) is 2.16. The molecule has 0 aliphatic heterocycles. The molecule has 0 aliphatic rings. The third kappa shape index (κ3) is 3.12. The van der Waals surface area contributed by atoms with Crippen LogP contribution in [-0.2, 0) is 16.5 Å². The monoisotopic (exact) mass is 313 g/mol. The second-order valence-corrected chi connectivity index (χ2v) is 3.90. The average molecular weight is 315 g/mol. The number of rotatable bonds is 4. The van der Waals surface area contributed by atoms with Crippen molar-refractivity contribution in [1.82, 2.24) is 4.98 Å². The number of carboxylic acid groups (broad SMARTS) is 1. The SMILES string of the molecule is O=C(O)Cc1nc(Cl)c(C(F)F)cc1CBr. The number of nitrogens with zero attached hydrogens (tertiary/aromatic N) is 1. The molecule has 0 aliphatic carbocycles. The van der Waals surface area contributed by atoms with Crippen molar-refractivity contribution in [2.75, 3.05) is 0 Å². The maximum absolute atomic E-state index is 12.5. The Morgan fingerprint density at radius 1 is 1.62 bits per heavy atom. The number of carbonyl (C=O) groups is 1. The molecule has 0 fully saturated rings. The summed E-state index contributed by atoms with van der Waals surface area (Å²) in [5, 5.41) is 8.51. The highest BCUT2D eigenvalue weighted by Gasteiger charge is 2.18. The van der Waals surface area contributed by atoms with Gasteiger partial charge in [-0.1, -0.05) is 27.5 Å². The Morgan fingerprint density at radius 2 is 2.25 bits per heavy atom. The number of carboxylic acids is 1. The molecule has 16 heavy (non-hydrogen) atoms. The fourth-order valence-electron chi connectivity index (χ4n) is 1.15. The fourth-order valence-corrected chi connectivity index (χ4v) is 1.87. The standard InChI is InChI=1S/C9H7BrClF2NO2/c10-3-4-1-5(9(12)13)8(11)14-6(4)2-7(15)16/h1,9H,2-3H2,(H,15,16). The first-order chi connectivity index (χ1) is 7.45. The predicted molar refractivity (Wildman–Crippen MR) is 58.2 cm³/mol. The molecule has 0 saturated heterocycles. The van der Waals surface area contributed by atoms with Crippen molar-refractivity contribution in [2.45, 2.75) is 18.2 Å². The van der Waals surface area contributed by atoms with E-state index in [2.05, 4.69) is 20.9 Å². The van der Waals surface area contributed by atoms with Crippen LogP contribution in [0.3, 0.4) is 0 Å². The molecule has 0 aromatic carbocycles. The summed E-state index contributed by atoms with van der Waals surface area (Å²) in [6, 6.07) is 1.17. The van der Waals surface area contributed by atoms with Crippen molar-refractivity contribution < 1.29 is 18.7 Å². The van der Waals surface area contributed by atoms with E-state index >= 15 is 0 Å². The Kier molecular flexibility index (Phi) is 4.61. The van der Waals surface area contributed by atoms with Crippen LogP contribution in [0.5, 0.6) is 0 Å². The van der Waals surface area contributed by atoms with Crippen LogP contribution in [-0.4, -0.2) is 16.1 Å². The Bertz CT molecular complexity index is 415. The second-order valence-electron chi connectivity index (χ2n) is 2.98. The Labute approximate surface area is 104 Å². The number of aromatic nitrogens is 1. The van der Waals surface area contributed by atoms with Crippen molar-refractivity contribution in [3.05, 3.63) is 28.0 Å². The van der Waals surface area contributed by atoms with Crippen LogP contribution in [0.4, 0.5) is 8.78 Å². The fraction of sp³-hybridized carbons (Fsp3) is 0.333. The van der Waals surface area contributed by atoms with Gasteiger partial charge in [0, 0.05) is 5.33 Å². The minimum atomic E-state index is -2.73. The maximum atomic E-state index is 12.5. The third-order valence-electron chi connectivity index (χ3n) is 1.87. The van der Waals surface area contributed by atoms with Gasteiger partial charge in [-0.15, -0.1) is 0 Å². The van der Waals surface area contributed by atoms with Gasteiger partial charge in [-0.05, 0) is 11.6 Å². The minimum absolute atomic E-state index is 0.193. The van der Waals surface area contributed by atoms with Gasteiger partial charge in [0.15, 0.2) is 0 Å². The van der Waals surface area contributed by atoms with Gasteiger partial charge in [-0.2, -0.15) is 0 Å². The summed E-state index contributed by atoms with van der Waals surface area (Å²) in [5.41, 5.74) is 0.214. The molecule has 1 aromatic heterocycles. The van der Waals surface area contributed by atoms with E-state index in [1.807, 2.05) is 0 Å². The van der Waals surface area contributed by atoms with Crippen molar-refractivity contribution in [3.8, 4) is 0 Å². The largest absolute Gasteiger partial charge is 0.481 e. The first kappa shape index (κ1) is 13.3. The molecule has 0 amide bonds.